The minimum Gasteiger partial charge on any atom is -0.465 e. The fourth-order valence-electron chi connectivity index (χ4n) is 3.72. The molecule has 4 rings (SSSR count). The normalized spacial score (nSPS) is 15.5. The van der Waals surface area contributed by atoms with Crippen LogP contribution >= 0.6 is 34.7 Å². The molecule has 11 heteroatoms. The molecular weight excluding hydrogens is 496 g/mol. The van der Waals surface area contributed by atoms with Crippen molar-refractivity contribution in [3.05, 3.63) is 45.3 Å². The third-order valence-electron chi connectivity index (χ3n) is 5.59. The first-order valence-corrected chi connectivity index (χ1v) is 13.0. The second-order valence-corrected chi connectivity index (χ2v) is 10.5. The van der Waals surface area contributed by atoms with Gasteiger partial charge in [-0.1, -0.05) is 23.4 Å². The van der Waals surface area contributed by atoms with Gasteiger partial charge in [0, 0.05) is 22.1 Å². The molecule has 1 N–H and O–H groups in total. The number of benzene rings is 1. The lowest BCUT2D eigenvalue weighted by Gasteiger charge is -2.14. The van der Waals surface area contributed by atoms with Crippen molar-refractivity contribution in [1.29, 1.82) is 0 Å². The summed E-state index contributed by atoms with van der Waals surface area (Å²) in [5, 5.41) is 13.4. The third-order valence-corrected chi connectivity index (χ3v) is 7.93. The maximum Gasteiger partial charge on any atom is 0.341 e. The number of esters is 1. The smallest absolute Gasteiger partial charge is 0.341 e. The van der Waals surface area contributed by atoms with Crippen LogP contribution in [0.25, 0.3) is 11.4 Å². The number of anilines is 1. The molecule has 1 amide bonds. The van der Waals surface area contributed by atoms with Gasteiger partial charge in [-0.25, -0.2) is 4.79 Å². The van der Waals surface area contributed by atoms with Crippen LogP contribution in [0, 0.1) is 13.8 Å². The monoisotopic (exact) mass is 520 g/mol. The lowest BCUT2D eigenvalue weighted by molar-refractivity contribution is -0.113. The molecule has 1 saturated heterocycles. The average Bonchev–Trinajstić information content (AvgIpc) is 3.54. The van der Waals surface area contributed by atoms with Crippen LogP contribution in [0.2, 0.25) is 5.02 Å². The van der Waals surface area contributed by atoms with Gasteiger partial charge in [0.15, 0.2) is 11.0 Å². The van der Waals surface area contributed by atoms with E-state index in [1.54, 1.807) is 0 Å². The van der Waals surface area contributed by atoms with E-state index in [1.165, 1.54) is 30.2 Å². The Morgan fingerprint density at radius 3 is 2.74 bits per heavy atom. The minimum absolute atomic E-state index is 0.0786. The molecular formula is C23H25ClN4O4S2. The van der Waals surface area contributed by atoms with Gasteiger partial charge in [0.25, 0.3) is 0 Å². The van der Waals surface area contributed by atoms with E-state index < -0.39 is 5.97 Å². The molecule has 1 atom stereocenters. The molecule has 1 fully saturated rings. The van der Waals surface area contributed by atoms with Crippen molar-refractivity contribution in [2.24, 2.45) is 0 Å². The first-order chi connectivity index (χ1) is 16.4. The van der Waals surface area contributed by atoms with Gasteiger partial charge in [-0.3, -0.25) is 9.36 Å². The number of carbonyl (C=O) groups excluding carboxylic acids is 2. The number of nitrogens with one attached hydrogen (secondary N) is 1. The molecule has 1 unspecified atom stereocenters. The maximum absolute atomic E-state index is 12.8. The number of aryl methyl sites for hydroxylation is 1. The van der Waals surface area contributed by atoms with Crippen molar-refractivity contribution in [3.8, 4) is 11.4 Å². The van der Waals surface area contributed by atoms with Gasteiger partial charge in [0.1, 0.15) is 5.00 Å². The third kappa shape index (κ3) is 5.46. The number of aromatic nitrogens is 3. The molecule has 0 aliphatic carbocycles. The molecule has 180 valence electrons. The van der Waals surface area contributed by atoms with Crippen molar-refractivity contribution in [2.75, 3.05) is 24.8 Å². The van der Waals surface area contributed by atoms with Crippen LogP contribution < -0.4 is 5.32 Å². The highest BCUT2D eigenvalue weighted by Crippen LogP contribution is 2.33. The first kappa shape index (κ1) is 24.7. The van der Waals surface area contributed by atoms with Crippen LogP contribution in [0.3, 0.4) is 0 Å². The molecule has 1 aliphatic heterocycles. The summed E-state index contributed by atoms with van der Waals surface area (Å²) in [6.07, 6.45) is 2.07. The summed E-state index contributed by atoms with van der Waals surface area (Å²) in [7, 11) is 1.33. The zero-order valence-electron chi connectivity index (χ0n) is 19.1. The van der Waals surface area contributed by atoms with E-state index in [9.17, 15) is 9.59 Å². The number of thiophene rings is 1. The molecule has 34 heavy (non-hydrogen) atoms. The number of halogens is 1. The molecule has 0 saturated carbocycles. The second kappa shape index (κ2) is 10.9. The SMILES string of the molecule is COC(=O)c1c(NC(=O)CSc2nnc(-c3ccc(Cl)cc3)n2CC2CCCO2)sc(C)c1C. The van der Waals surface area contributed by atoms with Crippen LogP contribution in [0.1, 0.15) is 33.6 Å². The zero-order chi connectivity index (χ0) is 24.2. The number of methoxy groups -OCH3 is 1. The van der Waals surface area contributed by atoms with E-state index in [0.29, 0.717) is 33.1 Å². The number of nitrogens with zero attached hydrogens (tertiary/aromatic N) is 3. The van der Waals surface area contributed by atoms with Gasteiger partial charge in [-0.05, 0) is 56.5 Å². The fourth-order valence-corrected chi connectivity index (χ4v) is 5.66. The zero-order valence-corrected chi connectivity index (χ0v) is 21.5. The van der Waals surface area contributed by atoms with Crippen LogP contribution in [0.15, 0.2) is 29.4 Å². The van der Waals surface area contributed by atoms with Crippen molar-refractivity contribution < 1.29 is 19.1 Å². The van der Waals surface area contributed by atoms with E-state index in [2.05, 4.69) is 15.5 Å². The molecule has 8 nitrogen and oxygen atoms in total. The predicted molar refractivity (Wildman–Crippen MR) is 134 cm³/mol. The number of carbonyl (C=O) groups is 2. The summed E-state index contributed by atoms with van der Waals surface area (Å²) >= 11 is 8.70. The van der Waals surface area contributed by atoms with Crippen LogP contribution in [0.4, 0.5) is 5.00 Å². The number of hydrogen-bond donors (Lipinski definition) is 1. The van der Waals surface area contributed by atoms with Crippen LogP contribution in [-0.4, -0.2) is 52.2 Å². The fraction of sp³-hybridized carbons (Fsp3) is 0.391. The highest BCUT2D eigenvalue weighted by molar-refractivity contribution is 7.99. The summed E-state index contributed by atoms with van der Waals surface area (Å²) in [5.74, 6) is 0.110. The van der Waals surface area contributed by atoms with E-state index in [-0.39, 0.29) is 17.8 Å². The molecule has 3 aromatic rings. The number of amides is 1. The molecule has 1 aliphatic rings. The van der Waals surface area contributed by atoms with Gasteiger partial charge in [0.05, 0.1) is 31.1 Å². The maximum atomic E-state index is 12.8. The largest absolute Gasteiger partial charge is 0.465 e. The average molecular weight is 521 g/mol. The molecule has 0 bridgehead atoms. The lowest BCUT2D eigenvalue weighted by Crippen LogP contribution is -2.18. The minimum atomic E-state index is -0.464. The van der Waals surface area contributed by atoms with Gasteiger partial charge >= 0.3 is 5.97 Å². The Labute approximate surface area is 211 Å². The number of hydrogen-bond acceptors (Lipinski definition) is 8. The molecule has 1 aromatic carbocycles. The van der Waals surface area contributed by atoms with Crippen molar-refractivity contribution in [2.45, 2.75) is 44.5 Å². The van der Waals surface area contributed by atoms with Gasteiger partial charge < -0.3 is 14.8 Å². The summed E-state index contributed by atoms with van der Waals surface area (Å²) in [6, 6.07) is 7.42. The Bertz CT molecular complexity index is 1190. The standard InChI is InChI=1S/C23H25ClN4O4S2/c1-13-14(2)34-21(19(13)22(30)31-3)25-18(29)12-33-23-27-26-20(15-6-8-16(24)9-7-15)28(23)11-17-5-4-10-32-17/h6-9,17H,4-5,10-12H2,1-3H3,(H,25,29). The van der Waals surface area contributed by atoms with Crippen LogP contribution in [-0.2, 0) is 20.8 Å². The van der Waals surface area contributed by atoms with Crippen LogP contribution in [0.5, 0.6) is 0 Å². The first-order valence-electron chi connectivity index (χ1n) is 10.8. The Balaban J connectivity index is 1.51. The Morgan fingerprint density at radius 1 is 1.29 bits per heavy atom. The summed E-state index contributed by atoms with van der Waals surface area (Å²) in [4.78, 5) is 25.9. The van der Waals surface area contributed by atoms with E-state index in [0.717, 1.165) is 35.5 Å². The molecule has 2 aromatic heterocycles. The summed E-state index contributed by atoms with van der Waals surface area (Å²) in [6.45, 7) is 5.10. The summed E-state index contributed by atoms with van der Waals surface area (Å²) < 4.78 is 12.7. The summed E-state index contributed by atoms with van der Waals surface area (Å²) in [5.41, 5.74) is 2.09. The van der Waals surface area contributed by atoms with Gasteiger partial charge in [-0.2, -0.15) is 0 Å². The second-order valence-electron chi connectivity index (χ2n) is 7.87. The number of ether oxygens (including phenoxy) is 2. The van der Waals surface area contributed by atoms with E-state index in [4.69, 9.17) is 21.1 Å². The Morgan fingerprint density at radius 2 is 2.06 bits per heavy atom. The van der Waals surface area contributed by atoms with E-state index >= 15 is 0 Å². The quantitative estimate of drug-likeness (QED) is 0.331. The van der Waals surface area contributed by atoms with Crippen molar-refractivity contribution in [3.63, 3.8) is 0 Å². The van der Waals surface area contributed by atoms with Gasteiger partial charge in [0.2, 0.25) is 5.91 Å². The van der Waals surface area contributed by atoms with Crippen molar-refractivity contribution in [1.82, 2.24) is 14.8 Å². The van der Waals surface area contributed by atoms with E-state index in [1.807, 2.05) is 42.7 Å². The topological polar surface area (TPSA) is 95.3 Å². The molecule has 0 radical (unpaired) electrons. The Hall–Kier alpha value is -2.40. The van der Waals surface area contributed by atoms with Gasteiger partial charge in [-0.15, -0.1) is 21.5 Å². The Kier molecular flexibility index (Phi) is 7.92. The highest BCUT2D eigenvalue weighted by Gasteiger charge is 2.24. The number of rotatable bonds is 8. The molecule has 3 heterocycles. The predicted octanol–water partition coefficient (Wildman–Crippen LogP) is 4.97. The lowest BCUT2D eigenvalue weighted by atomic mass is 10.1. The number of thioether (sulfide) groups is 1. The highest BCUT2D eigenvalue weighted by atomic mass is 35.5. The molecule has 0 spiro atoms. The van der Waals surface area contributed by atoms with Crippen molar-refractivity contribution >= 4 is 51.6 Å².